The molecule has 202 valence electrons. The molecule has 0 spiro atoms. The Labute approximate surface area is 233 Å². The van der Waals surface area contributed by atoms with E-state index in [1.165, 1.54) is 0 Å². The van der Waals surface area contributed by atoms with Gasteiger partial charge in [-0.3, -0.25) is 9.36 Å². The van der Waals surface area contributed by atoms with Crippen molar-refractivity contribution in [2.45, 2.75) is 52.2 Å². The summed E-state index contributed by atoms with van der Waals surface area (Å²) in [5.41, 5.74) is 6.42. The van der Waals surface area contributed by atoms with Crippen LogP contribution in [0, 0.1) is 11.3 Å². The van der Waals surface area contributed by atoms with Gasteiger partial charge in [0.1, 0.15) is 17.5 Å². The van der Waals surface area contributed by atoms with E-state index in [-0.39, 0.29) is 11.7 Å². The number of ether oxygens (including phenoxy) is 1. The maximum atomic E-state index is 14.1. The normalized spacial score (nSPS) is 12.7. The number of aromatic nitrogens is 3. The van der Waals surface area contributed by atoms with Crippen molar-refractivity contribution in [1.82, 2.24) is 14.2 Å². The molecule has 0 radical (unpaired) electrons. The average Bonchev–Trinajstić information content (AvgIpc) is 3.45. The third-order valence-electron chi connectivity index (χ3n) is 7.19. The molecule has 0 aliphatic rings. The minimum Gasteiger partial charge on any atom is -0.488 e. The predicted octanol–water partition coefficient (Wildman–Crippen LogP) is 5.72. The zero-order chi connectivity index (χ0) is 28.2. The summed E-state index contributed by atoms with van der Waals surface area (Å²) in [6.07, 6.45) is 2.82. The van der Waals surface area contributed by atoms with Crippen LogP contribution in [-0.4, -0.2) is 31.5 Å². The number of rotatable bonds is 9. The highest BCUT2D eigenvalue weighted by Gasteiger charge is 2.19. The fraction of sp³-hybridized carbons (Fsp3) is 0.242. The van der Waals surface area contributed by atoms with Crippen molar-refractivity contribution in [3.63, 3.8) is 0 Å². The number of hydrogen-bond donors (Lipinski definition) is 1. The van der Waals surface area contributed by atoms with Gasteiger partial charge in [0.15, 0.2) is 0 Å². The number of aliphatic hydroxyl groups is 1. The molecule has 1 N–H and O–H groups in total. The molecule has 0 amide bonds. The SMILES string of the molecule is CCCc1c(Cc2ccc(-c3ccccc3C#N)cc2)c(=O)n(-c2ccc(O[C@H](C)[C@H](C)O)cc2)c2ccnn12. The van der Waals surface area contributed by atoms with E-state index in [9.17, 15) is 15.2 Å². The lowest BCUT2D eigenvalue weighted by molar-refractivity contribution is 0.0604. The molecular weight excluding hydrogens is 500 g/mol. The van der Waals surface area contributed by atoms with Crippen LogP contribution in [0.25, 0.3) is 22.5 Å². The van der Waals surface area contributed by atoms with Crippen LogP contribution in [0.2, 0.25) is 0 Å². The van der Waals surface area contributed by atoms with Crippen molar-refractivity contribution in [2.75, 3.05) is 0 Å². The highest BCUT2D eigenvalue weighted by Crippen LogP contribution is 2.25. The van der Waals surface area contributed by atoms with Gasteiger partial charge in [0, 0.05) is 18.1 Å². The Balaban J connectivity index is 1.55. The zero-order valence-corrected chi connectivity index (χ0v) is 22.9. The molecule has 0 aliphatic heterocycles. The lowest BCUT2D eigenvalue weighted by atomic mass is 9.97. The van der Waals surface area contributed by atoms with Gasteiger partial charge in [-0.25, -0.2) is 4.52 Å². The van der Waals surface area contributed by atoms with Crippen LogP contribution in [0.3, 0.4) is 0 Å². The lowest BCUT2D eigenvalue weighted by Crippen LogP contribution is -2.28. The zero-order valence-electron chi connectivity index (χ0n) is 22.9. The molecule has 0 saturated heterocycles. The third-order valence-corrected chi connectivity index (χ3v) is 7.19. The molecule has 0 fully saturated rings. The van der Waals surface area contributed by atoms with Gasteiger partial charge >= 0.3 is 0 Å². The van der Waals surface area contributed by atoms with Gasteiger partial charge in [0.25, 0.3) is 5.56 Å². The molecular formula is C33H32N4O3. The van der Waals surface area contributed by atoms with Crippen LogP contribution in [0.1, 0.15) is 49.6 Å². The molecule has 0 saturated carbocycles. The summed E-state index contributed by atoms with van der Waals surface area (Å²) < 4.78 is 9.37. The number of benzene rings is 3. The largest absolute Gasteiger partial charge is 0.488 e. The Morgan fingerprint density at radius 1 is 1.00 bits per heavy atom. The molecule has 3 aromatic carbocycles. The third kappa shape index (κ3) is 5.27. The van der Waals surface area contributed by atoms with Crippen molar-refractivity contribution in [3.05, 3.63) is 118 Å². The van der Waals surface area contributed by atoms with Crippen LogP contribution < -0.4 is 10.3 Å². The molecule has 0 aliphatic carbocycles. The number of hydrogen-bond acceptors (Lipinski definition) is 5. The topological polar surface area (TPSA) is 92.5 Å². The minimum atomic E-state index is -0.600. The molecule has 5 rings (SSSR count). The second kappa shape index (κ2) is 11.6. The summed E-state index contributed by atoms with van der Waals surface area (Å²) in [4.78, 5) is 14.1. The van der Waals surface area contributed by atoms with E-state index in [1.54, 1.807) is 17.7 Å². The quantitative estimate of drug-likeness (QED) is 0.262. The second-order valence-corrected chi connectivity index (χ2v) is 10.0. The van der Waals surface area contributed by atoms with Crippen molar-refractivity contribution < 1.29 is 9.84 Å². The van der Waals surface area contributed by atoms with Gasteiger partial charge in [-0.05, 0) is 67.3 Å². The average molecular weight is 533 g/mol. The summed E-state index contributed by atoms with van der Waals surface area (Å²) in [5, 5.41) is 23.9. The molecule has 2 aromatic heterocycles. The van der Waals surface area contributed by atoms with E-state index in [4.69, 9.17) is 4.74 Å². The Bertz CT molecular complexity index is 1730. The number of fused-ring (bicyclic) bond motifs is 1. The van der Waals surface area contributed by atoms with E-state index in [2.05, 4.69) is 18.1 Å². The Kier molecular flexibility index (Phi) is 7.81. The molecule has 40 heavy (non-hydrogen) atoms. The summed E-state index contributed by atoms with van der Waals surface area (Å²) >= 11 is 0. The maximum absolute atomic E-state index is 14.1. The summed E-state index contributed by atoms with van der Waals surface area (Å²) in [7, 11) is 0. The van der Waals surface area contributed by atoms with Crippen LogP contribution >= 0.6 is 0 Å². The molecule has 7 nitrogen and oxygen atoms in total. The number of aliphatic hydroxyl groups excluding tert-OH is 1. The summed E-state index contributed by atoms with van der Waals surface area (Å²) in [5.74, 6) is 0.621. The highest BCUT2D eigenvalue weighted by molar-refractivity contribution is 5.70. The summed E-state index contributed by atoms with van der Waals surface area (Å²) in [6.45, 7) is 5.60. The molecule has 5 aromatic rings. The minimum absolute atomic E-state index is 0.0821. The number of nitrogens with zero attached hydrogens (tertiary/aromatic N) is 4. The van der Waals surface area contributed by atoms with Crippen LogP contribution in [-0.2, 0) is 12.8 Å². The number of nitriles is 1. The fourth-order valence-electron chi connectivity index (χ4n) is 4.91. The van der Waals surface area contributed by atoms with Gasteiger partial charge < -0.3 is 9.84 Å². The standard InChI is InChI=1S/C33H32N4O3/c1-4-7-31-30(20-24-10-12-25(13-11-24)29-9-6-5-8-26(29)21-34)33(39)36(32-18-19-35-37(31)32)27-14-16-28(17-15-27)40-23(3)22(2)38/h5-6,8-19,22-23,38H,4,7,20H2,1-3H3/t22-,23+/m0/s1. The van der Waals surface area contributed by atoms with Crippen molar-refractivity contribution in [2.24, 2.45) is 0 Å². The fourth-order valence-corrected chi connectivity index (χ4v) is 4.91. The molecule has 2 heterocycles. The molecule has 7 heteroatoms. The first-order valence-electron chi connectivity index (χ1n) is 13.5. The first kappa shape index (κ1) is 26.9. The second-order valence-electron chi connectivity index (χ2n) is 10.0. The Morgan fingerprint density at radius 3 is 2.40 bits per heavy atom. The van der Waals surface area contributed by atoms with E-state index < -0.39 is 6.10 Å². The van der Waals surface area contributed by atoms with Crippen molar-refractivity contribution in [1.29, 1.82) is 5.26 Å². The van der Waals surface area contributed by atoms with Crippen LogP contribution in [0.4, 0.5) is 0 Å². The highest BCUT2D eigenvalue weighted by atomic mass is 16.5. The monoisotopic (exact) mass is 532 g/mol. The Morgan fingerprint density at radius 2 is 1.73 bits per heavy atom. The van der Waals surface area contributed by atoms with Crippen LogP contribution in [0.15, 0.2) is 89.9 Å². The lowest BCUT2D eigenvalue weighted by Gasteiger charge is -2.19. The van der Waals surface area contributed by atoms with Crippen molar-refractivity contribution in [3.8, 4) is 28.6 Å². The van der Waals surface area contributed by atoms with Gasteiger partial charge in [-0.2, -0.15) is 10.4 Å². The first-order valence-corrected chi connectivity index (χ1v) is 13.5. The molecule has 0 bridgehead atoms. The molecule has 0 unspecified atom stereocenters. The number of aryl methyl sites for hydroxylation is 1. The van der Waals surface area contributed by atoms with E-state index in [1.807, 2.05) is 90.3 Å². The smallest absolute Gasteiger partial charge is 0.262 e. The van der Waals surface area contributed by atoms with E-state index in [0.29, 0.717) is 34.6 Å². The van der Waals surface area contributed by atoms with Gasteiger partial charge in [-0.15, -0.1) is 0 Å². The first-order chi connectivity index (χ1) is 19.4. The van der Waals surface area contributed by atoms with Gasteiger partial charge in [-0.1, -0.05) is 55.8 Å². The van der Waals surface area contributed by atoms with E-state index >= 15 is 0 Å². The molecule has 2 atom stereocenters. The van der Waals surface area contributed by atoms with Crippen LogP contribution in [0.5, 0.6) is 5.75 Å². The van der Waals surface area contributed by atoms with Gasteiger partial charge in [0.05, 0.1) is 35.3 Å². The van der Waals surface area contributed by atoms with E-state index in [0.717, 1.165) is 35.2 Å². The maximum Gasteiger partial charge on any atom is 0.262 e. The summed E-state index contributed by atoms with van der Waals surface area (Å²) in [6, 6.07) is 27.0. The Hall–Kier alpha value is -4.67. The van der Waals surface area contributed by atoms with Gasteiger partial charge in [0.2, 0.25) is 0 Å². The predicted molar refractivity (Wildman–Crippen MR) is 156 cm³/mol. The van der Waals surface area contributed by atoms with Crippen molar-refractivity contribution >= 4 is 5.65 Å².